The van der Waals surface area contributed by atoms with Crippen molar-refractivity contribution in [3.8, 4) is 11.8 Å². The molecule has 1 saturated carbocycles. The fourth-order valence-electron chi connectivity index (χ4n) is 4.55. The Morgan fingerprint density at radius 3 is 2.38 bits per heavy atom. The molecule has 1 aliphatic heterocycles. The van der Waals surface area contributed by atoms with E-state index in [0.717, 1.165) is 35.1 Å². The second kappa shape index (κ2) is 6.70. The van der Waals surface area contributed by atoms with Crippen molar-refractivity contribution in [1.29, 1.82) is 0 Å². The number of hydrogen-bond donors (Lipinski definition) is 1. The molecule has 2 fully saturated rings. The van der Waals surface area contributed by atoms with Gasteiger partial charge in [-0.3, -0.25) is 4.79 Å². The van der Waals surface area contributed by atoms with E-state index in [2.05, 4.69) is 11.8 Å². The molecular formula is C21H26O3. The molecule has 2 unspecified atom stereocenters. The molecular weight excluding hydrogens is 300 g/mol. The van der Waals surface area contributed by atoms with Gasteiger partial charge in [-0.25, -0.2) is 0 Å². The van der Waals surface area contributed by atoms with Crippen LogP contribution >= 0.6 is 0 Å². The molecule has 3 nitrogen and oxygen atoms in total. The van der Waals surface area contributed by atoms with Gasteiger partial charge in [0, 0.05) is 25.2 Å². The molecule has 3 heteroatoms. The first kappa shape index (κ1) is 17.2. The van der Waals surface area contributed by atoms with Crippen LogP contribution in [0.5, 0.6) is 0 Å². The van der Waals surface area contributed by atoms with Gasteiger partial charge in [-0.1, -0.05) is 5.92 Å². The molecule has 1 aromatic rings. The van der Waals surface area contributed by atoms with E-state index in [-0.39, 0.29) is 11.2 Å². The molecule has 1 N–H and O–H groups in total. The van der Waals surface area contributed by atoms with Crippen LogP contribution < -0.4 is 0 Å². The first-order chi connectivity index (χ1) is 11.5. The molecule has 1 heterocycles. The molecule has 0 bridgehead atoms. The van der Waals surface area contributed by atoms with Crippen molar-refractivity contribution >= 4 is 5.78 Å². The van der Waals surface area contributed by atoms with Gasteiger partial charge in [0.15, 0.2) is 0 Å². The monoisotopic (exact) mass is 326 g/mol. The number of carbonyl (C=O) groups excluding carboxylic acids is 1. The Morgan fingerprint density at radius 1 is 1.21 bits per heavy atom. The van der Waals surface area contributed by atoms with Gasteiger partial charge >= 0.3 is 0 Å². The summed E-state index contributed by atoms with van der Waals surface area (Å²) in [6, 6.07) is 4.05. The van der Waals surface area contributed by atoms with Gasteiger partial charge in [0.25, 0.3) is 0 Å². The highest BCUT2D eigenvalue weighted by atomic mass is 16.5. The highest BCUT2D eigenvalue weighted by Gasteiger charge is 2.46. The first-order valence-electron chi connectivity index (χ1n) is 8.78. The first-order valence-corrected chi connectivity index (χ1v) is 8.78. The summed E-state index contributed by atoms with van der Waals surface area (Å²) < 4.78 is 5.45. The predicted molar refractivity (Wildman–Crippen MR) is 93.9 cm³/mol. The maximum absolute atomic E-state index is 13.0. The van der Waals surface area contributed by atoms with Crippen LogP contribution in [0.4, 0.5) is 0 Å². The quantitative estimate of drug-likeness (QED) is 0.806. The van der Waals surface area contributed by atoms with Crippen molar-refractivity contribution < 1.29 is 14.6 Å². The lowest BCUT2D eigenvalue weighted by Gasteiger charge is -2.44. The minimum Gasteiger partial charge on any atom is -0.392 e. The third-order valence-corrected chi connectivity index (χ3v) is 5.65. The maximum Gasteiger partial charge on any atom is 0.143 e. The van der Waals surface area contributed by atoms with E-state index in [1.807, 2.05) is 32.9 Å². The molecule has 0 aromatic heterocycles. The number of benzene rings is 1. The van der Waals surface area contributed by atoms with E-state index < -0.39 is 12.0 Å². The Bertz CT molecular complexity index is 679. The molecule has 128 valence electrons. The summed E-state index contributed by atoms with van der Waals surface area (Å²) in [6.07, 6.45) is 2.41. The summed E-state index contributed by atoms with van der Waals surface area (Å²) in [5.41, 5.74) is 4.01. The van der Waals surface area contributed by atoms with Crippen LogP contribution in [-0.4, -0.2) is 30.2 Å². The molecule has 0 amide bonds. The van der Waals surface area contributed by atoms with Crippen LogP contribution in [0.1, 0.15) is 60.8 Å². The lowest BCUT2D eigenvalue weighted by Crippen LogP contribution is -2.45. The van der Waals surface area contributed by atoms with Crippen LogP contribution in [0.3, 0.4) is 0 Å². The highest BCUT2D eigenvalue weighted by Crippen LogP contribution is 2.47. The fraction of sp³-hybridized carbons (Fsp3) is 0.571. The number of ketones is 1. The summed E-state index contributed by atoms with van der Waals surface area (Å²) in [5, 5.41) is 10.8. The van der Waals surface area contributed by atoms with Gasteiger partial charge in [0.05, 0.1) is 12.0 Å². The van der Waals surface area contributed by atoms with Crippen molar-refractivity contribution in [2.75, 3.05) is 13.2 Å². The average molecular weight is 326 g/mol. The maximum atomic E-state index is 13.0. The molecule has 1 aromatic carbocycles. The Labute approximate surface area is 144 Å². The normalized spacial score (nSPS) is 26.1. The summed E-state index contributed by atoms with van der Waals surface area (Å²) >= 11 is 0. The topological polar surface area (TPSA) is 46.5 Å². The van der Waals surface area contributed by atoms with Gasteiger partial charge in [-0.2, -0.15) is 0 Å². The summed E-state index contributed by atoms with van der Waals surface area (Å²) in [5.74, 6) is 5.77. The van der Waals surface area contributed by atoms with E-state index >= 15 is 0 Å². The van der Waals surface area contributed by atoms with Gasteiger partial charge in [-0.05, 0) is 74.3 Å². The van der Waals surface area contributed by atoms with E-state index in [1.54, 1.807) is 0 Å². The Morgan fingerprint density at radius 2 is 1.83 bits per heavy atom. The molecule has 3 rings (SSSR count). The second-order valence-electron chi connectivity index (χ2n) is 7.40. The largest absolute Gasteiger partial charge is 0.392 e. The van der Waals surface area contributed by atoms with Crippen LogP contribution in [0.25, 0.3) is 0 Å². The zero-order chi connectivity index (χ0) is 17.3. The second-order valence-corrected chi connectivity index (χ2v) is 7.40. The third-order valence-electron chi connectivity index (χ3n) is 5.65. The van der Waals surface area contributed by atoms with Crippen molar-refractivity contribution in [3.05, 3.63) is 34.4 Å². The number of aryl methyl sites for hydroxylation is 2. The minimum absolute atomic E-state index is 0.0549. The van der Waals surface area contributed by atoms with E-state index in [9.17, 15) is 9.90 Å². The van der Waals surface area contributed by atoms with E-state index in [0.29, 0.717) is 26.1 Å². The number of aliphatic hydroxyl groups is 1. The van der Waals surface area contributed by atoms with Gasteiger partial charge < -0.3 is 9.84 Å². The van der Waals surface area contributed by atoms with Crippen molar-refractivity contribution in [3.63, 3.8) is 0 Å². The molecule has 1 spiro atoms. The van der Waals surface area contributed by atoms with E-state index in [4.69, 9.17) is 4.74 Å². The minimum atomic E-state index is -0.607. The predicted octanol–water partition coefficient (Wildman–Crippen LogP) is 3.28. The molecule has 2 atom stereocenters. The highest BCUT2D eigenvalue weighted by molar-refractivity contribution is 5.88. The lowest BCUT2D eigenvalue weighted by atomic mass is 9.62. The molecule has 24 heavy (non-hydrogen) atoms. The van der Waals surface area contributed by atoms with Crippen molar-refractivity contribution in [2.45, 2.75) is 58.5 Å². The van der Waals surface area contributed by atoms with Gasteiger partial charge in [0.1, 0.15) is 5.78 Å². The molecule has 1 saturated heterocycles. The average Bonchev–Trinajstić information content (AvgIpc) is 2.50. The number of carbonyl (C=O) groups is 1. The molecule has 1 aliphatic carbocycles. The van der Waals surface area contributed by atoms with Crippen LogP contribution in [0, 0.1) is 31.1 Å². The van der Waals surface area contributed by atoms with Crippen LogP contribution in [0.15, 0.2) is 12.1 Å². The Hall–Kier alpha value is -1.63. The van der Waals surface area contributed by atoms with Gasteiger partial charge in [-0.15, -0.1) is 5.92 Å². The number of aliphatic hydroxyl groups excluding tert-OH is 1. The van der Waals surface area contributed by atoms with Crippen molar-refractivity contribution in [1.82, 2.24) is 0 Å². The smallest absolute Gasteiger partial charge is 0.143 e. The Balaban J connectivity index is 1.92. The zero-order valence-corrected chi connectivity index (χ0v) is 14.8. The standard InChI is InChI=1S/C21H26O3/c1-4-5-16-10-14(2)19(15(3)11-16)20-17(22)12-21(13-18(20)23)6-8-24-9-7-21/h10-11,17,20,22H,6-9,12-13H2,1-3H3. The number of rotatable bonds is 1. The zero-order valence-electron chi connectivity index (χ0n) is 14.8. The summed E-state index contributed by atoms with van der Waals surface area (Å²) in [4.78, 5) is 13.0. The SMILES string of the molecule is CC#Cc1cc(C)c(C2C(=O)CC3(CCOCC3)CC2O)c(C)c1. The molecule has 0 radical (unpaired) electrons. The molecule has 2 aliphatic rings. The Kier molecular flexibility index (Phi) is 4.80. The van der Waals surface area contributed by atoms with Gasteiger partial charge in [0.2, 0.25) is 0 Å². The van der Waals surface area contributed by atoms with Crippen molar-refractivity contribution in [2.24, 2.45) is 5.41 Å². The van der Waals surface area contributed by atoms with E-state index in [1.165, 1.54) is 0 Å². The van der Waals surface area contributed by atoms with Crippen LogP contribution in [-0.2, 0) is 9.53 Å². The van der Waals surface area contributed by atoms with Crippen LogP contribution in [0.2, 0.25) is 0 Å². The summed E-state index contributed by atoms with van der Waals surface area (Å²) in [7, 11) is 0. The number of hydrogen-bond acceptors (Lipinski definition) is 3. The number of ether oxygens (including phenoxy) is 1. The summed E-state index contributed by atoms with van der Waals surface area (Å²) in [6.45, 7) is 7.25. The number of Topliss-reactive ketones (excluding diaryl/α,β-unsaturated/α-hetero) is 1. The third kappa shape index (κ3) is 3.14. The lowest BCUT2D eigenvalue weighted by molar-refractivity contribution is -0.135. The fourth-order valence-corrected chi connectivity index (χ4v) is 4.55.